The lowest BCUT2D eigenvalue weighted by atomic mass is 10.2. The van der Waals surface area contributed by atoms with Crippen LogP contribution >= 0.6 is 11.8 Å². The Kier molecular flexibility index (Phi) is 6.56. The summed E-state index contributed by atoms with van der Waals surface area (Å²) in [7, 11) is 1.55. The second-order valence-corrected chi connectivity index (χ2v) is 8.89. The molecule has 1 N–H and O–H groups in total. The molecule has 34 heavy (non-hydrogen) atoms. The van der Waals surface area contributed by atoms with E-state index in [0.29, 0.717) is 11.4 Å². The number of pyridine rings is 1. The topological polar surface area (TPSA) is 93.5 Å². The molecule has 1 aliphatic rings. The number of rotatable bonds is 6. The number of aryl methyl sites for hydroxylation is 2. The standard InChI is InChI=1S/C25H24N4O4S/c1-15-5-10-22(26-13-15)29-16(2)11-18(17(29)3)12-21-24(31)28(25(32)34-21)14-23(30)27-19-6-8-20(33-4)9-7-19/h5-13H,14H2,1-4H3,(H,27,30)/b21-12+. The van der Waals surface area contributed by atoms with Crippen molar-refractivity contribution in [1.29, 1.82) is 0 Å². The molecule has 1 fully saturated rings. The number of hydrogen-bond donors (Lipinski definition) is 1. The molecule has 4 rings (SSSR count). The van der Waals surface area contributed by atoms with E-state index < -0.39 is 17.1 Å². The summed E-state index contributed by atoms with van der Waals surface area (Å²) in [5.41, 5.74) is 4.28. The van der Waals surface area contributed by atoms with Crippen molar-refractivity contribution < 1.29 is 19.1 Å². The van der Waals surface area contributed by atoms with Crippen LogP contribution < -0.4 is 10.1 Å². The number of amides is 3. The van der Waals surface area contributed by atoms with Gasteiger partial charge >= 0.3 is 0 Å². The van der Waals surface area contributed by atoms with Crippen LogP contribution in [0.4, 0.5) is 10.5 Å². The van der Waals surface area contributed by atoms with Crippen molar-refractivity contribution in [2.75, 3.05) is 19.0 Å². The summed E-state index contributed by atoms with van der Waals surface area (Å²) in [6.45, 7) is 5.51. The fraction of sp³-hybridized carbons (Fsp3) is 0.200. The van der Waals surface area contributed by atoms with Crippen molar-refractivity contribution >= 4 is 40.6 Å². The number of imide groups is 1. The second-order valence-electron chi connectivity index (χ2n) is 7.90. The molecule has 0 radical (unpaired) electrons. The summed E-state index contributed by atoms with van der Waals surface area (Å²) in [6.07, 6.45) is 3.50. The number of nitrogens with zero attached hydrogens (tertiary/aromatic N) is 3. The molecule has 0 atom stereocenters. The zero-order valence-corrected chi connectivity index (χ0v) is 20.1. The molecule has 2 aromatic heterocycles. The molecule has 174 valence electrons. The highest BCUT2D eigenvalue weighted by Crippen LogP contribution is 2.33. The highest BCUT2D eigenvalue weighted by Gasteiger charge is 2.36. The monoisotopic (exact) mass is 476 g/mol. The van der Waals surface area contributed by atoms with Gasteiger partial charge in [0.15, 0.2) is 0 Å². The number of anilines is 1. The van der Waals surface area contributed by atoms with Gasteiger partial charge in [-0.2, -0.15) is 0 Å². The van der Waals surface area contributed by atoms with Crippen LogP contribution in [0.25, 0.3) is 11.9 Å². The summed E-state index contributed by atoms with van der Waals surface area (Å²) in [6, 6.07) is 12.7. The third-order valence-electron chi connectivity index (χ3n) is 5.43. The van der Waals surface area contributed by atoms with Gasteiger partial charge < -0.3 is 14.6 Å². The first-order valence-electron chi connectivity index (χ1n) is 10.6. The van der Waals surface area contributed by atoms with Gasteiger partial charge in [0.25, 0.3) is 11.1 Å². The Morgan fingerprint density at radius 3 is 2.50 bits per heavy atom. The van der Waals surface area contributed by atoms with Gasteiger partial charge in [0.1, 0.15) is 18.1 Å². The molecule has 8 nitrogen and oxygen atoms in total. The fourth-order valence-electron chi connectivity index (χ4n) is 3.67. The van der Waals surface area contributed by atoms with Crippen LogP contribution in [0.5, 0.6) is 5.75 Å². The number of ether oxygens (including phenoxy) is 1. The van der Waals surface area contributed by atoms with E-state index in [4.69, 9.17) is 4.74 Å². The number of carbonyl (C=O) groups is 3. The Bertz CT molecular complexity index is 1290. The largest absolute Gasteiger partial charge is 0.497 e. The lowest BCUT2D eigenvalue weighted by Crippen LogP contribution is -2.36. The average molecular weight is 477 g/mol. The van der Waals surface area contributed by atoms with Crippen molar-refractivity contribution in [2.24, 2.45) is 0 Å². The molecule has 3 heterocycles. The van der Waals surface area contributed by atoms with E-state index in [1.165, 1.54) is 0 Å². The van der Waals surface area contributed by atoms with Crippen LogP contribution in [0.3, 0.4) is 0 Å². The van der Waals surface area contributed by atoms with Crippen LogP contribution in [0.2, 0.25) is 0 Å². The molecule has 1 aromatic carbocycles. The number of carbonyl (C=O) groups excluding carboxylic acids is 3. The Hall–Kier alpha value is -3.85. The summed E-state index contributed by atoms with van der Waals surface area (Å²) in [5.74, 6) is 0.491. The van der Waals surface area contributed by atoms with Crippen LogP contribution in [-0.4, -0.2) is 45.2 Å². The van der Waals surface area contributed by atoms with Crippen LogP contribution in [-0.2, 0) is 9.59 Å². The molecular formula is C25H24N4O4S. The first-order chi connectivity index (χ1) is 16.3. The molecule has 1 aliphatic heterocycles. The minimum atomic E-state index is -0.488. The Labute approximate surface area is 201 Å². The van der Waals surface area contributed by atoms with Gasteiger partial charge in [-0.15, -0.1) is 0 Å². The number of thioether (sulfide) groups is 1. The van der Waals surface area contributed by atoms with E-state index in [-0.39, 0.29) is 11.4 Å². The first kappa shape index (κ1) is 23.3. The van der Waals surface area contributed by atoms with E-state index >= 15 is 0 Å². The van der Waals surface area contributed by atoms with Gasteiger partial charge in [0.2, 0.25) is 5.91 Å². The van der Waals surface area contributed by atoms with Crippen LogP contribution in [0, 0.1) is 20.8 Å². The molecule has 0 unspecified atom stereocenters. The average Bonchev–Trinajstić information content (AvgIpc) is 3.24. The van der Waals surface area contributed by atoms with Gasteiger partial charge in [-0.3, -0.25) is 19.3 Å². The molecule has 0 saturated carbocycles. The highest BCUT2D eigenvalue weighted by atomic mass is 32.2. The number of benzene rings is 1. The molecule has 3 aromatic rings. The van der Waals surface area contributed by atoms with Crippen molar-refractivity contribution in [3.05, 3.63) is 76.1 Å². The van der Waals surface area contributed by atoms with E-state index in [9.17, 15) is 14.4 Å². The quantitative estimate of drug-likeness (QED) is 0.527. The summed E-state index contributed by atoms with van der Waals surface area (Å²) >= 11 is 0.829. The van der Waals surface area contributed by atoms with Crippen LogP contribution in [0.15, 0.2) is 53.6 Å². The predicted molar refractivity (Wildman–Crippen MR) is 132 cm³/mol. The normalized spacial score (nSPS) is 14.7. The van der Waals surface area contributed by atoms with Gasteiger partial charge in [-0.1, -0.05) is 6.07 Å². The van der Waals surface area contributed by atoms with Gasteiger partial charge in [-0.05, 0) is 86.1 Å². The van der Waals surface area contributed by atoms with E-state index in [0.717, 1.165) is 45.0 Å². The smallest absolute Gasteiger partial charge is 0.294 e. The molecule has 9 heteroatoms. The predicted octanol–water partition coefficient (Wildman–Crippen LogP) is 4.48. The Morgan fingerprint density at radius 1 is 1.12 bits per heavy atom. The summed E-state index contributed by atoms with van der Waals surface area (Å²) in [5, 5.41) is 2.21. The second kappa shape index (κ2) is 9.56. The molecule has 3 amide bonds. The number of nitrogens with one attached hydrogen (secondary N) is 1. The zero-order valence-electron chi connectivity index (χ0n) is 19.3. The van der Waals surface area contributed by atoms with Crippen molar-refractivity contribution in [1.82, 2.24) is 14.5 Å². The lowest BCUT2D eigenvalue weighted by Gasteiger charge is -2.12. The number of methoxy groups -OCH3 is 1. The molecule has 0 aliphatic carbocycles. The third kappa shape index (κ3) is 4.74. The van der Waals surface area contributed by atoms with E-state index in [2.05, 4.69) is 10.3 Å². The minimum absolute atomic E-state index is 0.277. The first-order valence-corrected chi connectivity index (χ1v) is 11.4. The molecule has 1 saturated heterocycles. The van der Waals surface area contributed by atoms with Crippen molar-refractivity contribution in [2.45, 2.75) is 20.8 Å². The minimum Gasteiger partial charge on any atom is -0.497 e. The van der Waals surface area contributed by atoms with E-state index in [1.54, 1.807) is 43.6 Å². The molecular weight excluding hydrogens is 452 g/mol. The fourth-order valence-corrected chi connectivity index (χ4v) is 4.50. The van der Waals surface area contributed by atoms with Gasteiger partial charge in [-0.25, -0.2) is 4.98 Å². The summed E-state index contributed by atoms with van der Waals surface area (Å²) < 4.78 is 7.09. The summed E-state index contributed by atoms with van der Waals surface area (Å²) in [4.78, 5) is 43.5. The SMILES string of the molecule is COc1ccc(NC(=O)CN2C(=O)S/C(=C/c3cc(C)n(-c4ccc(C)cn4)c3C)C2=O)cc1. The van der Waals surface area contributed by atoms with Gasteiger partial charge in [0.05, 0.1) is 12.0 Å². The Morgan fingerprint density at radius 2 is 1.85 bits per heavy atom. The maximum absolute atomic E-state index is 12.9. The maximum Gasteiger partial charge on any atom is 0.294 e. The number of hydrogen-bond acceptors (Lipinski definition) is 6. The van der Waals surface area contributed by atoms with Crippen molar-refractivity contribution in [3.63, 3.8) is 0 Å². The molecule has 0 bridgehead atoms. The number of aromatic nitrogens is 2. The van der Waals surface area contributed by atoms with Gasteiger partial charge in [0, 0.05) is 23.3 Å². The van der Waals surface area contributed by atoms with Crippen LogP contribution in [0.1, 0.15) is 22.5 Å². The van der Waals surface area contributed by atoms with E-state index in [1.807, 2.05) is 43.5 Å². The molecule has 0 spiro atoms. The lowest BCUT2D eigenvalue weighted by molar-refractivity contribution is -0.127. The zero-order chi connectivity index (χ0) is 24.4. The third-order valence-corrected chi connectivity index (χ3v) is 6.34. The highest BCUT2D eigenvalue weighted by molar-refractivity contribution is 8.18. The maximum atomic E-state index is 12.9. The Balaban J connectivity index is 1.50. The van der Waals surface area contributed by atoms with Crippen molar-refractivity contribution in [3.8, 4) is 11.6 Å².